The first-order valence-corrected chi connectivity index (χ1v) is 7.98. The van der Waals surface area contributed by atoms with E-state index < -0.39 is 23.8 Å². The molecule has 6 nitrogen and oxygen atoms in total. The molecular formula is C15H13BrClFN2O4. The fraction of sp³-hybridized carbons (Fsp3) is 0.200. The van der Waals surface area contributed by atoms with E-state index in [4.69, 9.17) is 26.8 Å². The average Bonchev–Trinajstić information content (AvgIpc) is 2.48. The number of aromatic nitrogens is 1. The van der Waals surface area contributed by atoms with Crippen molar-refractivity contribution in [3.63, 3.8) is 0 Å². The molecule has 0 radical (unpaired) electrons. The first-order chi connectivity index (χ1) is 11.3. The largest absolute Gasteiger partial charge is 0.466 e. The fourth-order valence-electron chi connectivity index (χ4n) is 1.91. The van der Waals surface area contributed by atoms with Crippen LogP contribution in [0, 0.1) is 5.82 Å². The number of rotatable bonds is 5. The minimum Gasteiger partial charge on any atom is -0.466 e. The van der Waals surface area contributed by atoms with Crippen LogP contribution in [0.5, 0.6) is 11.5 Å². The van der Waals surface area contributed by atoms with Gasteiger partial charge in [0.25, 0.3) is 5.56 Å². The molecule has 0 unspecified atom stereocenters. The number of pyridine rings is 1. The topological polar surface area (TPSA) is 94.4 Å². The number of esters is 1. The number of hydrogen-bond acceptors (Lipinski definition) is 5. The third-order valence-electron chi connectivity index (χ3n) is 2.87. The number of nitrogens with two attached hydrogens (primary N) is 1. The van der Waals surface area contributed by atoms with Gasteiger partial charge >= 0.3 is 5.97 Å². The number of hydrogen-bond donors (Lipinski definition) is 2. The molecule has 0 saturated heterocycles. The minimum absolute atomic E-state index is 0.145. The molecule has 1 aromatic carbocycles. The van der Waals surface area contributed by atoms with Gasteiger partial charge in [0.05, 0.1) is 18.7 Å². The van der Waals surface area contributed by atoms with Gasteiger partial charge in [-0.05, 0) is 35.0 Å². The highest BCUT2D eigenvalue weighted by Crippen LogP contribution is 2.33. The van der Waals surface area contributed by atoms with Crippen molar-refractivity contribution in [2.24, 2.45) is 0 Å². The van der Waals surface area contributed by atoms with E-state index in [0.29, 0.717) is 5.69 Å². The summed E-state index contributed by atoms with van der Waals surface area (Å²) in [5.74, 6) is -1.80. The number of nitrogen functional groups attached to an aromatic ring is 1. The average molecular weight is 420 g/mol. The van der Waals surface area contributed by atoms with E-state index in [1.54, 1.807) is 6.92 Å². The minimum atomic E-state index is -0.895. The van der Waals surface area contributed by atoms with Crippen LogP contribution in [0.2, 0.25) is 5.02 Å². The molecule has 0 amide bonds. The Morgan fingerprint density at radius 1 is 1.42 bits per heavy atom. The van der Waals surface area contributed by atoms with Gasteiger partial charge in [-0.15, -0.1) is 0 Å². The molecule has 0 aliphatic heterocycles. The standard InChI is InChI=1S/C15H13BrClFN2O4/c1-2-23-11(21)6-10-13(18)14(12(16)15(22)20-10)24-9-4-7(17)3-8(19)5-9/h3-5H,2,6,19H2,1H3,(H,20,22). The molecule has 0 saturated carbocycles. The third-order valence-corrected chi connectivity index (χ3v) is 3.81. The number of halogens is 3. The molecule has 24 heavy (non-hydrogen) atoms. The molecule has 2 rings (SSSR count). The third kappa shape index (κ3) is 4.27. The predicted octanol–water partition coefficient (Wildman–Crippen LogP) is 3.41. The van der Waals surface area contributed by atoms with Gasteiger partial charge in [0, 0.05) is 16.8 Å². The van der Waals surface area contributed by atoms with Gasteiger partial charge < -0.3 is 20.2 Å². The molecule has 0 atom stereocenters. The van der Waals surface area contributed by atoms with E-state index in [1.165, 1.54) is 18.2 Å². The summed E-state index contributed by atoms with van der Waals surface area (Å²) in [4.78, 5) is 25.7. The van der Waals surface area contributed by atoms with Crippen LogP contribution in [0.4, 0.5) is 10.1 Å². The first kappa shape index (κ1) is 18.3. The maximum Gasteiger partial charge on any atom is 0.311 e. The van der Waals surface area contributed by atoms with Crippen LogP contribution in [-0.2, 0) is 16.0 Å². The second-order valence-electron chi connectivity index (χ2n) is 4.69. The van der Waals surface area contributed by atoms with E-state index in [9.17, 15) is 14.0 Å². The molecule has 1 aromatic heterocycles. The fourth-order valence-corrected chi connectivity index (χ4v) is 2.50. The lowest BCUT2D eigenvalue weighted by Gasteiger charge is -2.12. The second-order valence-corrected chi connectivity index (χ2v) is 5.92. The summed E-state index contributed by atoms with van der Waals surface area (Å²) in [5, 5.41) is 0.290. The summed E-state index contributed by atoms with van der Waals surface area (Å²) in [6.45, 7) is 1.77. The van der Waals surface area contributed by atoms with Crippen LogP contribution < -0.4 is 16.0 Å². The highest BCUT2D eigenvalue weighted by molar-refractivity contribution is 9.10. The van der Waals surface area contributed by atoms with Crippen molar-refractivity contribution < 1.29 is 18.7 Å². The Balaban J connectivity index is 2.43. The molecular weight excluding hydrogens is 407 g/mol. The number of aromatic amines is 1. The van der Waals surface area contributed by atoms with Gasteiger partial charge in [-0.1, -0.05) is 11.6 Å². The van der Waals surface area contributed by atoms with Crippen molar-refractivity contribution in [3.05, 3.63) is 49.6 Å². The van der Waals surface area contributed by atoms with Crippen molar-refractivity contribution in [1.29, 1.82) is 0 Å². The van der Waals surface area contributed by atoms with Gasteiger partial charge in [0.2, 0.25) is 0 Å². The van der Waals surface area contributed by atoms with Crippen LogP contribution in [0.25, 0.3) is 0 Å². The molecule has 3 N–H and O–H groups in total. The maximum atomic E-state index is 14.6. The van der Waals surface area contributed by atoms with E-state index >= 15 is 0 Å². The molecule has 128 valence electrons. The van der Waals surface area contributed by atoms with Crippen LogP contribution in [-0.4, -0.2) is 17.6 Å². The van der Waals surface area contributed by atoms with Crippen LogP contribution in [0.3, 0.4) is 0 Å². The number of ether oxygens (including phenoxy) is 2. The van der Waals surface area contributed by atoms with Gasteiger partial charge in [-0.2, -0.15) is 0 Å². The number of H-pyrrole nitrogens is 1. The van der Waals surface area contributed by atoms with Gasteiger partial charge in [0.15, 0.2) is 11.6 Å². The van der Waals surface area contributed by atoms with E-state index in [2.05, 4.69) is 20.9 Å². The van der Waals surface area contributed by atoms with Crippen molar-refractivity contribution in [2.45, 2.75) is 13.3 Å². The highest BCUT2D eigenvalue weighted by atomic mass is 79.9. The smallest absolute Gasteiger partial charge is 0.311 e. The molecule has 2 aromatic rings. The van der Waals surface area contributed by atoms with Gasteiger partial charge in [-0.3, -0.25) is 9.59 Å². The zero-order valence-electron chi connectivity index (χ0n) is 12.5. The Morgan fingerprint density at radius 3 is 2.75 bits per heavy atom. The van der Waals surface area contributed by atoms with Crippen LogP contribution in [0.1, 0.15) is 12.6 Å². The Labute approximate surface area is 149 Å². The van der Waals surface area contributed by atoms with Crippen molar-refractivity contribution >= 4 is 39.2 Å². The Morgan fingerprint density at radius 2 is 2.12 bits per heavy atom. The normalized spacial score (nSPS) is 10.5. The summed E-state index contributed by atoms with van der Waals surface area (Å²) >= 11 is 8.84. The molecule has 0 spiro atoms. The molecule has 0 fully saturated rings. The summed E-state index contributed by atoms with van der Waals surface area (Å²) in [5.41, 5.74) is 5.06. The Kier molecular flexibility index (Phi) is 5.84. The van der Waals surface area contributed by atoms with Crippen molar-refractivity contribution in [3.8, 4) is 11.5 Å². The maximum absolute atomic E-state index is 14.6. The first-order valence-electron chi connectivity index (χ1n) is 6.81. The lowest BCUT2D eigenvalue weighted by atomic mass is 10.2. The van der Waals surface area contributed by atoms with Crippen LogP contribution >= 0.6 is 27.5 Å². The molecule has 0 aliphatic rings. The summed E-state index contributed by atoms with van der Waals surface area (Å²) in [6.07, 6.45) is -0.434. The van der Waals surface area contributed by atoms with E-state index in [1.807, 2.05) is 0 Å². The molecule has 1 heterocycles. The van der Waals surface area contributed by atoms with Gasteiger partial charge in [0.1, 0.15) is 10.2 Å². The summed E-state index contributed by atoms with van der Waals surface area (Å²) in [7, 11) is 0. The lowest BCUT2D eigenvalue weighted by molar-refractivity contribution is -0.142. The molecule has 0 aliphatic carbocycles. The highest BCUT2D eigenvalue weighted by Gasteiger charge is 2.21. The molecule has 0 bridgehead atoms. The number of nitrogens with one attached hydrogen (secondary N) is 1. The zero-order chi connectivity index (χ0) is 17.9. The predicted molar refractivity (Wildman–Crippen MR) is 91.0 cm³/mol. The van der Waals surface area contributed by atoms with E-state index in [-0.39, 0.29) is 33.3 Å². The quantitative estimate of drug-likeness (QED) is 0.572. The number of carbonyl (C=O) groups is 1. The Bertz CT molecular complexity index is 821. The number of carbonyl (C=O) groups excluding carboxylic acids is 1. The lowest BCUT2D eigenvalue weighted by Crippen LogP contribution is -2.18. The monoisotopic (exact) mass is 418 g/mol. The summed E-state index contributed by atoms with van der Waals surface area (Å²) < 4.78 is 24.6. The van der Waals surface area contributed by atoms with E-state index in [0.717, 1.165) is 0 Å². The summed E-state index contributed by atoms with van der Waals surface area (Å²) in [6, 6.07) is 4.32. The van der Waals surface area contributed by atoms with Crippen LogP contribution in [0.15, 0.2) is 27.5 Å². The molecule has 9 heteroatoms. The number of anilines is 1. The van der Waals surface area contributed by atoms with Crippen molar-refractivity contribution in [2.75, 3.05) is 12.3 Å². The zero-order valence-corrected chi connectivity index (χ0v) is 14.8. The van der Waals surface area contributed by atoms with Gasteiger partial charge in [-0.25, -0.2) is 4.39 Å². The second kappa shape index (κ2) is 7.67. The Hall–Kier alpha value is -2.06. The number of benzene rings is 1. The van der Waals surface area contributed by atoms with Crippen molar-refractivity contribution in [1.82, 2.24) is 4.98 Å². The SMILES string of the molecule is CCOC(=O)Cc1[nH]c(=O)c(Br)c(Oc2cc(N)cc(Cl)c2)c1F.